The maximum absolute atomic E-state index is 2.37. The van der Waals surface area contributed by atoms with Crippen LogP contribution in [0.2, 0.25) is 0 Å². The fourth-order valence-electron chi connectivity index (χ4n) is 1.34. The van der Waals surface area contributed by atoms with Gasteiger partial charge < -0.3 is 0 Å². The summed E-state index contributed by atoms with van der Waals surface area (Å²) in [6, 6.07) is 0. The lowest BCUT2D eigenvalue weighted by atomic mass is 9.94. The zero-order valence-corrected chi connectivity index (χ0v) is 38.8. The average molecular weight is 659 g/mol. The summed E-state index contributed by atoms with van der Waals surface area (Å²) in [7, 11) is 0. The molecule has 46 heavy (non-hydrogen) atoms. The van der Waals surface area contributed by atoms with Crippen LogP contribution in [0.4, 0.5) is 0 Å². The third-order valence-corrected chi connectivity index (χ3v) is 8.64. The zero-order valence-electron chi connectivity index (χ0n) is 38.8. The fourth-order valence-corrected chi connectivity index (χ4v) is 1.34. The SMILES string of the molecule is CC(C)C.CC(C)C1(C)CC1.CCC.CCC(C)(C)C.CCC(C)(C)C.CCC(C)C.CCC(C)C.CCC1(C)CC1.CCCC. The normalized spacial score (nSPS) is 14.5. The molecule has 2 aliphatic carbocycles. The number of unbranched alkanes of at least 4 members (excludes halogenated alkanes) is 1. The van der Waals surface area contributed by atoms with Crippen molar-refractivity contribution in [1.29, 1.82) is 0 Å². The fraction of sp³-hybridized carbons (Fsp3) is 1.00. The molecule has 0 unspecified atom stereocenters. The Labute approximate surface area is 301 Å². The van der Waals surface area contributed by atoms with E-state index in [9.17, 15) is 0 Å². The minimum atomic E-state index is 0.542. The largest absolute Gasteiger partial charge is 0.0656 e. The summed E-state index contributed by atoms with van der Waals surface area (Å²) in [4.78, 5) is 0. The third kappa shape index (κ3) is 90.4. The lowest BCUT2D eigenvalue weighted by Gasteiger charge is -2.12. The van der Waals surface area contributed by atoms with Crippen LogP contribution in [0.15, 0.2) is 0 Å². The van der Waals surface area contributed by atoms with E-state index in [0.717, 1.165) is 34.5 Å². The number of hydrogen-bond acceptors (Lipinski definition) is 0. The Balaban J connectivity index is -0.0000000752. The van der Waals surface area contributed by atoms with Gasteiger partial charge in [0.15, 0.2) is 0 Å². The van der Waals surface area contributed by atoms with Crippen molar-refractivity contribution in [3.8, 4) is 0 Å². The van der Waals surface area contributed by atoms with Crippen LogP contribution >= 0.6 is 0 Å². The van der Waals surface area contributed by atoms with Gasteiger partial charge in [0.2, 0.25) is 0 Å². The number of hydrogen-bond donors (Lipinski definition) is 0. The molecule has 290 valence electrons. The van der Waals surface area contributed by atoms with E-state index in [2.05, 4.69) is 180 Å². The molecule has 0 nitrogen and oxygen atoms in total. The van der Waals surface area contributed by atoms with E-state index in [1.54, 1.807) is 0 Å². The average Bonchev–Trinajstić information content (AvgIpc) is 3.88. The van der Waals surface area contributed by atoms with Crippen molar-refractivity contribution in [3.63, 3.8) is 0 Å². The third-order valence-electron chi connectivity index (χ3n) is 8.64. The summed E-state index contributed by atoms with van der Waals surface area (Å²) >= 11 is 0. The Morgan fingerprint density at radius 1 is 0.478 bits per heavy atom. The van der Waals surface area contributed by atoms with Crippen molar-refractivity contribution >= 4 is 0 Å². The molecule has 2 rings (SSSR count). The molecule has 0 aromatic heterocycles. The summed E-state index contributed by atoms with van der Waals surface area (Å²) in [6.07, 6.45) is 16.3. The Hall–Kier alpha value is 0. The van der Waals surface area contributed by atoms with Crippen LogP contribution in [0.3, 0.4) is 0 Å². The van der Waals surface area contributed by atoms with Gasteiger partial charge in [0.25, 0.3) is 0 Å². The standard InChI is InChI=1S/C7H14.C6H12.2C6H14.2C5H12.2C4H10.C3H8/c1-6(2)7(3)4-5-7;1-3-6(2)4-5-6;2*1-5-6(2,3)4;2*1-4-5(2)3;1-4(2)3;1-3-4-2;1-3-2/h6H,4-5H2,1-3H3;3-5H2,1-2H3;2*5H2,1-4H3;2*5H,4H2,1-3H3;4H,1-3H3;3-4H2,1-2H3;3H2,1-2H3. The molecule has 0 heteroatoms. The number of rotatable bonds is 5. The first-order chi connectivity index (χ1) is 20.6. The molecule has 2 saturated carbocycles. The Morgan fingerprint density at radius 3 is 0.674 bits per heavy atom. The first-order valence-electron chi connectivity index (χ1n) is 20.6. The van der Waals surface area contributed by atoms with Crippen LogP contribution in [0.5, 0.6) is 0 Å². The Kier molecular flexibility index (Phi) is 50.3. The molecule has 0 aromatic rings. The van der Waals surface area contributed by atoms with Crippen LogP contribution in [0, 0.1) is 45.3 Å². The van der Waals surface area contributed by atoms with Gasteiger partial charge in [-0.2, -0.15) is 0 Å². The predicted molar refractivity (Wildman–Crippen MR) is 227 cm³/mol. The van der Waals surface area contributed by atoms with Crippen molar-refractivity contribution in [2.75, 3.05) is 0 Å². The van der Waals surface area contributed by atoms with E-state index in [-0.39, 0.29) is 0 Å². The predicted octanol–water partition coefficient (Wildman–Crippen LogP) is 18.5. The van der Waals surface area contributed by atoms with Crippen molar-refractivity contribution in [2.45, 2.75) is 257 Å². The van der Waals surface area contributed by atoms with E-state index < -0.39 is 0 Å². The molecule has 0 heterocycles. The van der Waals surface area contributed by atoms with Gasteiger partial charge in [-0.05, 0) is 71.0 Å². The monoisotopic (exact) mass is 659 g/mol. The molecule has 0 saturated heterocycles. The molecule has 0 amide bonds. The van der Waals surface area contributed by atoms with E-state index in [0.29, 0.717) is 10.8 Å². The highest BCUT2D eigenvalue weighted by molar-refractivity contribution is 4.90. The molecule has 2 aliphatic rings. The molecule has 0 aliphatic heterocycles. The van der Waals surface area contributed by atoms with Crippen LogP contribution in [0.1, 0.15) is 257 Å². The zero-order chi connectivity index (χ0) is 38.8. The van der Waals surface area contributed by atoms with Gasteiger partial charge in [0.1, 0.15) is 0 Å². The van der Waals surface area contributed by atoms with Gasteiger partial charge in [0.05, 0.1) is 0 Å². The van der Waals surface area contributed by atoms with E-state index in [1.807, 2.05) is 0 Å². The maximum Gasteiger partial charge on any atom is -0.0302 e. The van der Waals surface area contributed by atoms with Crippen LogP contribution in [0.25, 0.3) is 0 Å². The Bertz CT molecular complexity index is 463. The Morgan fingerprint density at radius 2 is 0.674 bits per heavy atom. The molecule has 0 bridgehead atoms. The van der Waals surface area contributed by atoms with E-state index >= 15 is 0 Å². The van der Waals surface area contributed by atoms with E-state index in [4.69, 9.17) is 0 Å². The van der Waals surface area contributed by atoms with Gasteiger partial charge in [-0.25, -0.2) is 0 Å². The molecule has 0 atom stereocenters. The highest BCUT2D eigenvalue weighted by atomic mass is 14.4. The van der Waals surface area contributed by atoms with Gasteiger partial charge in [-0.1, -0.05) is 231 Å². The molecular formula is C46H106. The minimum absolute atomic E-state index is 0.542. The van der Waals surface area contributed by atoms with Crippen molar-refractivity contribution in [3.05, 3.63) is 0 Å². The smallest absolute Gasteiger partial charge is 0.0302 e. The molecule has 0 N–H and O–H groups in total. The summed E-state index contributed by atoms with van der Waals surface area (Å²) in [5.41, 5.74) is 2.62. The van der Waals surface area contributed by atoms with Crippen LogP contribution < -0.4 is 0 Å². The van der Waals surface area contributed by atoms with Gasteiger partial charge in [0, 0.05) is 0 Å². The molecule has 0 radical (unpaired) electrons. The highest BCUT2D eigenvalue weighted by Crippen LogP contribution is 2.51. The lowest BCUT2D eigenvalue weighted by Crippen LogP contribution is -2.01. The van der Waals surface area contributed by atoms with Crippen LogP contribution in [-0.4, -0.2) is 0 Å². The lowest BCUT2D eigenvalue weighted by molar-refractivity contribution is 0.397. The highest BCUT2D eigenvalue weighted by Gasteiger charge is 2.39. The first kappa shape index (κ1) is 61.2. The summed E-state index contributed by atoms with van der Waals surface area (Å²) < 4.78 is 0. The molecule has 0 aromatic carbocycles. The van der Waals surface area contributed by atoms with Gasteiger partial charge in [-0.3, -0.25) is 0 Å². The van der Waals surface area contributed by atoms with Crippen molar-refractivity contribution in [2.24, 2.45) is 45.3 Å². The quantitative estimate of drug-likeness (QED) is 0.276. The van der Waals surface area contributed by atoms with Crippen molar-refractivity contribution in [1.82, 2.24) is 0 Å². The van der Waals surface area contributed by atoms with Crippen molar-refractivity contribution < 1.29 is 0 Å². The molecule has 0 spiro atoms. The van der Waals surface area contributed by atoms with Gasteiger partial charge >= 0.3 is 0 Å². The summed E-state index contributed by atoms with van der Waals surface area (Å²) in [5.74, 6) is 3.51. The maximum atomic E-state index is 2.37. The summed E-state index contributed by atoms with van der Waals surface area (Å²) in [5, 5.41) is 0. The van der Waals surface area contributed by atoms with Gasteiger partial charge in [-0.15, -0.1) is 0 Å². The minimum Gasteiger partial charge on any atom is -0.0656 e. The van der Waals surface area contributed by atoms with Crippen LogP contribution in [-0.2, 0) is 0 Å². The second-order valence-corrected chi connectivity index (χ2v) is 18.8. The second kappa shape index (κ2) is 37.8. The molecule has 2 fully saturated rings. The summed E-state index contributed by atoms with van der Waals surface area (Å²) in [6.45, 7) is 57.9. The second-order valence-electron chi connectivity index (χ2n) is 18.8. The van der Waals surface area contributed by atoms with E-state index in [1.165, 1.54) is 77.0 Å². The molecular weight excluding hydrogens is 553 g/mol. The first-order valence-corrected chi connectivity index (χ1v) is 20.6. The topological polar surface area (TPSA) is 0 Å².